The van der Waals surface area contributed by atoms with Gasteiger partial charge in [0.1, 0.15) is 0 Å². The second-order valence-electron chi connectivity index (χ2n) is 5.69. The van der Waals surface area contributed by atoms with Gasteiger partial charge in [-0.15, -0.1) is 0 Å². The van der Waals surface area contributed by atoms with Crippen LogP contribution in [0, 0.1) is 0 Å². The molecule has 0 saturated carbocycles. The molecule has 0 aliphatic carbocycles. The van der Waals surface area contributed by atoms with Crippen LogP contribution >= 0.6 is 39.1 Å². The highest BCUT2D eigenvalue weighted by molar-refractivity contribution is 9.10. The van der Waals surface area contributed by atoms with Crippen LogP contribution in [0.3, 0.4) is 0 Å². The number of anilines is 1. The first-order valence-corrected chi connectivity index (χ1v) is 10.8. The molecular formula is C17H17BrCl2N2O3S. The van der Waals surface area contributed by atoms with E-state index in [-0.39, 0.29) is 29.6 Å². The van der Waals surface area contributed by atoms with Crippen LogP contribution in [0.25, 0.3) is 0 Å². The van der Waals surface area contributed by atoms with Gasteiger partial charge in [0, 0.05) is 16.7 Å². The summed E-state index contributed by atoms with van der Waals surface area (Å²) in [4.78, 5) is 14.0. The van der Waals surface area contributed by atoms with Gasteiger partial charge in [-0.3, -0.25) is 9.69 Å². The fourth-order valence-electron chi connectivity index (χ4n) is 2.13. The quantitative estimate of drug-likeness (QED) is 0.649. The molecule has 26 heavy (non-hydrogen) atoms. The van der Waals surface area contributed by atoms with E-state index in [1.807, 2.05) is 0 Å². The van der Waals surface area contributed by atoms with E-state index in [4.69, 9.17) is 23.2 Å². The second-order valence-corrected chi connectivity index (χ2v) is 9.53. The first-order valence-electron chi connectivity index (χ1n) is 7.59. The summed E-state index contributed by atoms with van der Waals surface area (Å²) in [5.74, 6) is -0.350. The number of amides is 1. The van der Waals surface area contributed by atoms with Crippen molar-refractivity contribution in [3.63, 3.8) is 0 Å². The Hall–Kier alpha value is -1.12. The molecule has 2 rings (SSSR count). The van der Waals surface area contributed by atoms with Crippen LogP contribution in [0.15, 0.2) is 51.8 Å². The minimum atomic E-state index is -3.40. The maximum atomic E-state index is 12.3. The molecule has 0 atom stereocenters. The van der Waals surface area contributed by atoms with E-state index in [1.165, 1.54) is 0 Å². The Morgan fingerprint density at radius 3 is 2.38 bits per heavy atom. The zero-order valence-corrected chi connectivity index (χ0v) is 17.8. The molecule has 0 aliphatic rings. The van der Waals surface area contributed by atoms with Crippen molar-refractivity contribution in [2.45, 2.75) is 4.90 Å². The maximum absolute atomic E-state index is 12.3. The van der Waals surface area contributed by atoms with Gasteiger partial charge in [0.25, 0.3) is 0 Å². The van der Waals surface area contributed by atoms with Gasteiger partial charge in [-0.25, -0.2) is 8.42 Å². The topological polar surface area (TPSA) is 66.5 Å². The zero-order valence-electron chi connectivity index (χ0n) is 13.9. The molecule has 0 aliphatic heterocycles. The number of carbonyl (C=O) groups is 1. The summed E-state index contributed by atoms with van der Waals surface area (Å²) < 4.78 is 25.5. The summed E-state index contributed by atoms with van der Waals surface area (Å²) in [6, 6.07) is 11.3. The molecule has 0 bridgehead atoms. The number of hydrogen-bond acceptors (Lipinski definition) is 4. The predicted molar refractivity (Wildman–Crippen MR) is 109 cm³/mol. The third kappa shape index (κ3) is 6.25. The number of nitrogens with zero attached hydrogens (tertiary/aromatic N) is 1. The van der Waals surface area contributed by atoms with Crippen molar-refractivity contribution >= 4 is 60.6 Å². The molecule has 5 nitrogen and oxygen atoms in total. The Labute approximate surface area is 171 Å². The molecule has 9 heteroatoms. The minimum absolute atomic E-state index is 0.0517. The lowest BCUT2D eigenvalue weighted by Crippen LogP contribution is -2.33. The number of rotatable bonds is 7. The maximum Gasteiger partial charge on any atom is 0.238 e. The summed E-state index contributed by atoms with van der Waals surface area (Å²) in [7, 11) is -1.72. The van der Waals surface area contributed by atoms with Gasteiger partial charge in [-0.2, -0.15) is 0 Å². The van der Waals surface area contributed by atoms with E-state index in [0.29, 0.717) is 15.7 Å². The molecule has 1 amide bonds. The van der Waals surface area contributed by atoms with E-state index in [0.717, 1.165) is 4.47 Å². The standard InChI is InChI=1S/C17H17BrCl2N2O3S/c1-22(8-9-26(24,25)14-5-2-12(18)3-6-14)11-17(23)21-13-4-7-15(19)16(20)10-13/h2-7,10H,8-9,11H2,1H3,(H,21,23). The van der Waals surface area contributed by atoms with Crippen LogP contribution in [-0.2, 0) is 14.6 Å². The highest BCUT2D eigenvalue weighted by Gasteiger charge is 2.16. The zero-order chi connectivity index (χ0) is 19.3. The molecule has 2 aromatic carbocycles. The molecule has 0 spiro atoms. The Balaban J connectivity index is 1.87. The summed E-state index contributed by atoms with van der Waals surface area (Å²) >= 11 is 15.0. The number of likely N-dealkylation sites (N-methyl/N-ethyl adjacent to an activating group) is 1. The van der Waals surface area contributed by atoms with Crippen LogP contribution in [0.5, 0.6) is 0 Å². The fraction of sp³-hybridized carbons (Fsp3) is 0.235. The van der Waals surface area contributed by atoms with Gasteiger partial charge >= 0.3 is 0 Å². The minimum Gasteiger partial charge on any atom is -0.325 e. The number of nitrogens with one attached hydrogen (secondary N) is 1. The van der Waals surface area contributed by atoms with E-state index >= 15 is 0 Å². The lowest BCUT2D eigenvalue weighted by Gasteiger charge is -2.16. The lowest BCUT2D eigenvalue weighted by molar-refractivity contribution is -0.117. The third-order valence-electron chi connectivity index (χ3n) is 3.53. The van der Waals surface area contributed by atoms with Crippen LogP contribution in [0.2, 0.25) is 10.0 Å². The van der Waals surface area contributed by atoms with Crippen molar-refractivity contribution in [2.24, 2.45) is 0 Å². The summed E-state index contributed by atoms with van der Waals surface area (Å²) in [6.07, 6.45) is 0. The molecule has 1 N–H and O–H groups in total. The number of carbonyl (C=O) groups excluding carboxylic acids is 1. The second kappa shape index (κ2) is 9.19. The number of halogens is 3. The predicted octanol–water partition coefficient (Wildman–Crippen LogP) is 4.10. The molecule has 0 unspecified atom stereocenters. The molecule has 0 aromatic heterocycles. The summed E-state index contributed by atoms with van der Waals surface area (Å²) in [6.45, 7) is 0.281. The van der Waals surface area contributed by atoms with E-state index in [2.05, 4.69) is 21.2 Å². The highest BCUT2D eigenvalue weighted by Crippen LogP contribution is 2.25. The van der Waals surface area contributed by atoms with Gasteiger partial charge in [-0.05, 0) is 49.5 Å². The molecule has 0 radical (unpaired) electrons. The first-order chi connectivity index (χ1) is 12.2. The van der Waals surface area contributed by atoms with Crippen LogP contribution in [0.4, 0.5) is 5.69 Å². The Morgan fingerprint density at radius 1 is 1.12 bits per heavy atom. The van der Waals surface area contributed by atoms with Crippen LogP contribution < -0.4 is 5.32 Å². The van der Waals surface area contributed by atoms with E-state index in [9.17, 15) is 13.2 Å². The number of benzene rings is 2. The van der Waals surface area contributed by atoms with Gasteiger partial charge in [0.15, 0.2) is 9.84 Å². The fourth-order valence-corrected chi connectivity index (χ4v) is 4.04. The molecule has 0 fully saturated rings. The van der Waals surface area contributed by atoms with Gasteiger partial charge < -0.3 is 5.32 Å². The van der Waals surface area contributed by atoms with Crippen molar-refractivity contribution in [3.8, 4) is 0 Å². The van der Waals surface area contributed by atoms with Gasteiger partial charge in [0.2, 0.25) is 5.91 Å². The molecule has 140 valence electrons. The van der Waals surface area contributed by atoms with Gasteiger partial charge in [0.05, 0.1) is 27.2 Å². The molecular weight excluding hydrogens is 463 g/mol. The normalized spacial score (nSPS) is 11.6. The molecule has 0 saturated heterocycles. The average molecular weight is 480 g/mol. The molecule has 0 heterocycles. The highest BCUT2D eigenvalue weighted by atomic mass is 79.9. The lowest BCUT2D eigenvalue weighted by atomic mass is 10.3. The monoisotopic (exact) mass is 478 g/mol. The summed E-state index contributed by atoms with van der Waals surface area (Å²) in [5.41, 5.74) is 0.528. The van der Waals surface area contributed by atoms with Crippen LogP contribution in [-0.4, -0.2) is 45.1 Å². The third-order valence-corrected chi connectivity index (χ3v) is 6.51. The number of sulfone groups is 1. The van der Waals surface area contributed by atoms with Crippen molar-refractivity contribution in [1.29, 1.82) is 0 Å². The van der Waals surface area contributed by atoms with Crippen molar-refractivity contribution < 1.29 is 13.2 Å². The largest absolute Gasteiger partial charge is 0.325 e. The SMILES string of the molecule is CN(CCS(=O)(=O)c1ccc(Br)cc1)CC(=O)Nc1ccc(Cl)c(Cl)c1. The van der Waals surface area contributed by atoms with E-state index in [1.54, 1.807) is 54.4 Å². The Bertz CT molecular complexity index is 889. The Kier molecular flexibility index (Phi) is 7.49. The smallest absolute Gasteiger partial charge is 0.238 e. The number of hydrogen-bond donors (Lipinski definition) is 1. The summed E-state index contributed by atoms with van der Waals surface area (Å²) in [5, 5.41) is 3.45. The average Bonchev–Trinajstić information content (AvgIpc) is 2.57. The van der Waals surface area contributed by atoms with Gasteiger partial charge in [-0.1, -0.05) is 39.1 Å². The van der Waals surface area contributed by atoms with Crippen molar-refractivity contribution in [1.82, 2.24) is 4.90 Å². The van der Waals surface area contributed by atoms with Crippen molar-refractivity contribution in [2.75, 3.05) is 31.2 Å². The van der Waals surface area contributed by atoms with Crippen molar-refractivity contribution in [3.05, 3.63) is 57.0 Å². The molecule has 2 aromatic rings. The van der Waals surface area contributed by atoms with E-state index < -0.39 is 9.84 Å². The van der Waals surface area contributed by atoms with Crippen LogP contribution in [0.1, 0.15) is 0 Å². The first kappa shape index (κ1) is 21.2. The Morgan fingerprint density at radius 2 is 1.77 bits per heavy atom.